The molecule has 4 heteroatoms. The largest absolute Gasteiger partial charge is 0.497 e. The Balaban J connectivity index is 0.000000218. The molecule has 8 rings (SSSR count). The van der Waals surface area contributed by atoms with E-state index in [1.807, 2.05) is 24.3 Å². The molecule has 0 radical (unpaired) electrons. The summed E-state index contributed by atoms with van der Waals surface area (Å²) >= 11 is 0. The number of nitrogens with two attached hydrogens (primary N) is 2. The predicted octanol–water partition coefficient (Wildman–Crippen LogP) is 12.2. The number of anilines is 2. The third kappa shape index (κ3) is 7.84. The number of nitrogen functional groups attached to an aromatic ring is 2. The molecule has 7 atom stereocenters. The van der Waals surface area contributed by atoms with Gasteiger partial charge >= 0.3 is 0 Å². The first-order valence-corrected chi connectivity index (χ1v) is 20.2. The van der Waals surface area contributed by atoms with Gasteiger partial charge in [0.25, 0.3) is 0 Å². The second kappa shape index (κ2) is 15.8. The van der Waals surface area contributed by atoms with Gasteiger partial charge in [-0.05, 0) is 163 Å². The van der Waals surface area contributed by atoms with Crippen LogP contribution in [0.1, 0.15) is 104 Å². The third-order valence-corrected chi connectivity index (χ3v) is 14.7. The van der Waals surface area contributed by atoms with E-state index < -0.39 is 0 Å². The van der Waals surface area contributed by atoms with E-state index in [1.54, 1.807) is 49.6 Å². The van der Waals surface area contributed by atoms with Crippen molar-refractivity contribution in [3.8, 4) is 11.5 Å². The third-order valence-electron chi connectivity index (χ3n) is 14.7. The number of ether oxygens (including phenoxy) is 2. The summed E-state index contributed by atoms with van der Waals surface area (Å²) in [6, 6.07) is 37.6. The Labute approximate surface area is 321 Å². The van der Waals surface area contributed by atoms with Gasteiger partial charge in [0.05, 0.1) is 14.2 Å². The van der Waals surface area contributed by atoms with Gasteiger partial charge in [0, 0.05) is 16.8 Å². The molecule has 4 aliphatic rings. The standard InChI is InChI=1S/C35H48.2C7H9NO/c1-32(2,3)31-19-18-29-28-17-16-27-24-35(25-12-8-6-9-13-25,26-14-10-7-11-15-26)23-22-33(27,4)30(28)20-21-34(29,31)5;2*1-9-7-4-2-6(8)3-5-7/h6-15,27-31H,16-24H2,1-5H3;2*2-5H,8H2,1H3. The molecule has 0 saturated heterocycles. The molecule has 4 nitrogen and oxygen atoms in total. The maximum absolute atomic E-state index is 5.43. The van der Waals surface area contributed by atoms with Gasteiger partial charge in [0.2, 0.25) is 0 Å². The van der Waals surface area contributed by atoms with Crippen molar-refractivity contribution in [2.45, 2.75) is 97.8 Å². The fourth-order valence-corrected chi connectivity index (χ4v) is 12.1. The molecule has 4 saturated carbocycles. The van der Waals surface area contributed by atoms with Crippen molar-refractivity contribution in [3.63, 3.8) is 0 Å². The molecule has 0 aliphatic heterocycles. The van der Waals surface area contributed by atoms with Gasteiger partial charge in [-0.3, -0.25) is 0 Å². The Morgan fingerprint density at radius 2 is 1.04 bits per heavy atom. The highest BCUT2D eigenvalue weighted by atomic mass is 16.5. The Bertz CT molecular complexity index is 1650. The van der Waals surface area contributed by atoms with Crippen LogP contribution < -0.4 is 20.9 Å². The quantitative estimate of drug-likeness (QED) is 0.206. The van der Waals surface area contributed by atoms with Crippen molar-refractivity contribution in [2.75, 3.05) is 25.7 Å². The minimum atomic E-state index is 0.188. The Morgan fingerprint density at radius 1 is 0.547 bits per heavy atom. The zero-order valence-electron chi connectivity index (χ0n) is 33.6. The number of fused-ring (bicyclic) bond motifs is 5. The van der Waals surface area contributed by atoms with Gasteiger partial charge in [-0.2, -0.15) is 0 Å². The second-order valence-electron chi connectivity index (χ2n) is 18.3. The highest BCUT2D eigenvalue weighted by Crippen LogP contribution is 2.70. The second-order valence-corrected chi connectivity index (χ2v) is 18.3. The van der Waals surface area contributed by atoms with Crippen LogP contribution in [-0.2, 0) is 5.41 Å². The van der Waals surface area contributed by atoms with Crippen LogP contribution in [0, 0.1) is 45.8 Å². The van der Waals surface area contributed by atoms with Crippen LogP contribution >= 0.6 is 0 Å². The Kier molecular flexibility index (Phi) is 11.6. The SMILES string of the molecule is CC(C)(C)C1CCC2C3CCC4CC(c5ccccc5)(c5ccccc5)CCC4(C)C3CCC21C.COc1ccc(N)cc1.COc1ccc(N)cc1. The van der Waals surface area contributed by atoms with E-state index in [4.69, 9.17) is 20.9 Å². The molecule has 53 heavy (non-hydrogen) atoms. The van der Waals surface area contributed by atoms with E-state index >= 15 is 0 Å². The van der Waals surface area contributed by atoms with Crippen molar-refractivity contribution < 1.29 is 9.47 Å². The molecule has 0 bridgehead atoms. The Morgan fingerprint density at radius 3 is 1.51 bits per heavy atom. The van der Waals surface area contributed by atoms with Crippen molar-refractivity contribution in [1.82, 2.24) is 0 Å². The average Bonchev–Trinajstić information content (AvgIpc) is 3.55. The highest BCUT2D eigenvalue weighted by Gasteiger charge is 2.62. The number of methoxy groups -OCH3 is 2. The molecule has 4 N–H and O–H groups in total. The van der Waals surface area contributed by atoms with Gasteiger partial charge < -0.3 is 20.9 Å². The minimum Gasteiger partial charge on any atom is -0.497 e. The molecule has 0 aromatic heterocycles. The summed E-state index contributed by atoms with van der Waals surface area (Å²) < 4.78 is 9.83. The van der Waals surface area contributed by atoms with Crippen LogP contribution in [0.25, 0.3) is 0 Å². The van der Waals surface area contributed by atoms with E-state index in [0.29, 0.717) is 16.2 Å². The average molecular weight is 715 g/mol. The topological polar surface area (TPSA) is 70.5 Å². The number of benzene rings is 4. The molecule has 4 aromatic rings. The Hall–Kier alpha value is -3.92. The normalized spacial score (nSPS) is 29.8. The summed E-state index contributed by atoms with van der Waals surface area (Å²) in [5.41, 5.74) is 17.2. The fraction of sp³-hybridized carbons (Fsp3) is 0.510. The number of hydrogen-bond donors (Lipinski definition) is 2. The summed E-state index contributed by atoms with van der Waals surface area (Å²) in [7, 11) is 3.26. The summed E-state index contributed by atoms with van der Waals surface area (Å²) in [6.45, 7) is 13.0. The monoisotopic (exact) mass is 715 g/mol. The maximum atomic E-state index is 5.43. The first kappa shape index (κ1) is 38.8. The lowest BCUT2D eigenvalue weighted by molar-refractivity contribution is -0.125. The van der Waals surface area contributed by atoms with Gasteiger partial charge in [-0.25, -0.2) is 0 Å². The molecular formula is C49H66N2O2. The van der Waals surface area contributed by atoms with E-state index in [1.165, 1.54) is 57.8 Å². The lowest BCUT2D eigenvalue weighted by Crippen LogP contribution is -2.56. The molecule has 7 unspecified atom stereocenters. The molecule has 0 spiro atoms. The van der Waals surface area contributed by atoms with Gasteiger partial charge in [-0.1, -0.05) is 95.3 Å². The van der Waals surface area contributed by atoms with Crippen molar-refractivity contribution in [3.05, 3.63) is 120 Å². The summed E-state index contributed by atoms with van der Waals surface area (Å²) in [5, 5.41) is 0. The highest BCUT2D eigenvalue weighted by molar-refractivity contribution is 5.43. The molecule has 4 fully saturated rings. The van der Waals surface area contributed by atoms with E-state index in [-0.39, 0.29) is 5.41 Å². The van der Waals surface area contributed by atoms with Gasteiger partial charge in [0.15, 0.2) is 0 Å². The minimum absolute atomic E-state index is 0.188. The van der Waals surface area contributed by atoms with Crippen LogP contribution in [0.4, 0.5) is 11.4 Å². The van der Waals surface area contributed by atoms with Crippen LogP contribution in [0.3, 0.4) is 0 Å². The summed E-state index contributed by atoms with van der Waals surface area (Å²) in [6.07, 6.45) is 12.9. The fourth-order valence-electron chi connectivity index (χ4n) is 12.1. The molecule has 4 aliphatic carbocycles. The summed E-state index contributed by atoms with van der Waals surface area (Å²) in [5.74, 6) is 6.32. The van der Waals surface area contributed by atoms with Crippen molar-refractivity contribution >= 4 is 11.4 Å². The van der Waals surface area contributed by atoms with E-state index in [0.717, 1.165) is 52.5 Å². The first-order chi connectivity index (χ1) is 25.3. The lowest BCUT2D eigenvalue weighted by Gasteiger charge is -2.63. The molecule has 4 aromatic carbocycles. The van der Waals surface area contributed by atoms with Gasteiger partial charge in [0.1, 0.15) is 11.5 Å². The smallest absolute Gasteiger partial charge is 0.119 e. The first-order valence-electron chi connectivity index (χ1n) is 20.2. The molecular weight excluding hydrogens is 649 g/mol. The molecule has 0 heterocycles. The molecule has 284 valence electrons. The van der Waals surface area contributed by atoms with Crippen LogP contribution in [0.15, 0.2) is 109 Å². The maximum Gasteiger partial charge on any atom is 0.119 e. The lowest BCUT2D eigenvalue weighted by atomic mass is 9.41. The predicted molar refractivity (Wildman–Crippen MR) is 223 cm³/mol. The van der Waals surface area contributed by atoms with Gasteiger partial charge in [-0.15, -0.1) is 0 Å². The number of rotatable bonds is 4. The van der Waals surface area contributed by atoms with Crippen LogP contribution in [0.5, 0.6) is 11.5 Å². The van der Waals surface area contributed by atoms with Crippen LogP contribution in [-0.4, -0.2) is 14.2 Å². The van der Waals surface area contributed by atoms with E-state index in [2.05, 4.69) is 95.3 Å². The van der Waals surface area contributed by atoms with E-state index in [9.17, 15) is 0 Å². The van der Waals surface area contributed by atoms with Crippen molar-refractivity contribution in [1.29, 1.82) is 0 Å². The number of hydrogen-bond acceptors (Lipinski definition) is 4. The van der Waals surface area contributed by atoms with Crippen molar-refractivity contribution in [2.24, 2.45) is 45.8 Å². The summed E-state index contributed by atoms with van der Waals surface area (Å²) in [4.78, 5) is 0. The zero-order chi connectivity index (χ0) is 37.9. The molecule has 0 amide bonds. The van der Waals surface area contributed by atoms with Crippen LogP contribution in [0.2, 0.25) is 0 Å². The zero-order valence-corrected chi connectivity index (χ0v) is 33.6.